The van der Waals surface area contributed by atoms with E-state index in [9.17, 15) is 0 Å². The van der Waals surface area contributed by atoms with Gasteiger partial charge < -0.3 is 13.9 Å². The Kier molecular flexibility index (Phi) is 4.06. The van der Waals surface area contributed by atoms with Crippen LogP contribution in [0, 0.1) is 5.41 Å². The highest BCUT2D eigenvalue weighted by Gasteiger charge is 2.41. The van der Waals surface area contributed by atoms with Gasteiger partial charge in [-0.05, 0) is 31.1 Å². The zero-order chi connectivity index (χ0) is 15.0. The minimum atomic E-state index is -0.0217. The molecule has 0 spiro atoms. The van der Waals surface area contributed by atoms with Gasteiger partial charge in [-0.15, -0.1) is 10.2 Å². The first kappa shape index (κ1) is 15.0. The third-order valence-electron chi connectivity index (χ3n) is 4.56. The van der Waals surface area contributed by atoms with Crippen LogP contribution in [-0.2, 0) is 9.47 Å². The Morgan fingerprint density at radius 2 is 1.86 bits per heavy atom. The van der Waals surface area contributed by atoms with Crippen LogP contribution >= 0.6 is 0 Å². The molecular weight excluding hydrogens is 268 g/mol. The highest BCUT2D eigenvalue weighted by Crippen LogP contribution is 2.41. The Hall–Kier alpha value is -0.940. The van der Waals surface area contributed by atoms with Gasteiger partial charge in [0.05, 0.1) is 18.1 Å². The molecule has 2 aliphatic heterocycles. The maximum atomic E-state index is 5.94. The number of rotatable bonds is 3. The van der Waals surface area contributed by atoms with E-state index in [2.05, 4.69) is 37.9 Å². The van der Waals surface area contributed by atoms with E-state index in [4.69, 9.17) is 13.9 Å². The summed E-state index contributed by atoms with van der Waals surface area (Å²) in [5, 5.41) is 8.51. The van der Waals surface area contributed by atoms with Gasteiger partial charge in [0.25, 0.3) is 0 Å². The van der Waals surface area contributed by atoms with E-state index < -0.39 is 0 Å². The molecule has 2 saturated heterocycles. The van der Waals surface area contributed by atoms with Crippen molar-refractivity contribution in [1.82, 2.24) is 10.2 Å². The average molecular weight is 294 g/mol. The van der Waals surface area contributed by atoms with Crippen LogP contribution in [0.15, 0.2) is 4.42 Å². The molecule has 0 saturated carbocycles. The molecule has 0 bridgehead atoms. The zero-order valence-corrected chi connectivity index (χ0v) is 13.5. The van der Waals surface area contributed by atoms with Gasteiger partial charge in [0, 0.05) is 6.61 Å². The summed E-state index contributed by atoms with van der Waals surface area (Å²) in [7, 11) is 0. The number of hydrogen-bond donors (Lipinski definition) is 0. The summed E-state index contributed by atoms with van der Waals surface area (Å²) in [6.07, 6.45) is 4.50. The maximum absolute atomic E-state index is 5.94. The molecule has 3 heterocycles. The minimum Gasteiger partial charge on any atom is -0.422 e. The quantitative estimate of drug-likeness (QED) is 0.852. The van der Waals surface area contributed by atoms with Crippen LogP contribution < -0.4 is 0 Å². The summed E-state index contributed by atoms with van der Waals surface area (Å²) in [6.45, 7) is 9.50. The molecule has 5 nitrogen and oxygen atoms in total. The van der Waals surface area contributed by atoms with Crippen LogP contribution in [0.25, 0.3) is 0 Å². The third kappa shape index (κ3) is 2.99. The van der Waals surface area contributed by atoms with Crippen LogP contribution in [0.4, 0.5) is 0 Å². The van der Waals surface area contributed by atoms with Gasteiger partial charge in [-0.25, -0.2) is 0 Å². The van der Waals surface area contributed by atoms with Gasteiger partial charge in [0.1, 0.15) is 6.10 Å². The molecule has 3 rings (SSSR count). The molecule has 0 radical (unpaired) electrons. The van der Waals surface area contributed by atoms with E-state index in [-0.39, 0.29) is 23.5 Å². The molecule has 2 aliphatic rings. The fourth-order valence-corrected chi connectivity index (χ4v) is 3.41. The van der Waals surface area contributed by atoms with E-state index in [1.165, 1.54) is 0 Å². The van der Waals surface area contributed by atoms with E-state index in [0.717, 1.165) is 32.3 Å². The average Bonchev–Trinajstić information content (AvgIpc) is 3.16. The molecule has 0 N–H and O–H groups in total. The number of hydrogen-bond acceptors (Lipinski definition) is 5. The normalized spacial score (nSPS) is 33.7. The van der Waals surface area contributed by atoms with Crippen LogP contribution in [0.1, 0.15) is 77.2 Å². The van der Waals surface area contributed by atoms with Gasteiger partial charge in [-0.2, -0.15) is 0 Å². The first-order valence-corrected chi connectivity index (χ1v) is 8.09. The largest absolute Gasteiger partial charge is 0.422 e. The van der Waals surface area contributed by atoms with Crippen LogP contribution in [0.2, 0.25) is 0 Å². The fraction of sp³-hybridized carbons (Fsp3) is 0.875. The van der Waals surface area contributed by atoms with Crippen molar-refractivity contribution < 1.29 is 13.9 Å². The summed E-state index contributed by atoms with van der Waals surface area (Å²) < 4.78 is 17.8. The van der Waals surface area contributed by atoms with Gasteiger partial charge in [0.15, 0.2) is 0 Å². The molecule has 0 unspecified atom stereocenters. The van der Waals surface area contributed by atoms with E-state index in [1.54, 1.807) is 0 Å². The first-order chi connectivity index (χ1) is 9.99. The predicted octanol–water partition coefficient (Wildman–Crippen LogP) is 3.62. The summed E-state index contributed by atoms with van der Waals surface area (Å²) in [5.41, 5.74) is 0.0764. The van der Waals surface area contributed by atoms with Crippen molar-refractivity contribution >= 4 is 0 Å². The summed E-state index contributed by atoms with van der Waals surface area (Å²) in [5.74, 6) is 1.56. The highest BCUT2D eigenvalue weighted by molar-refractivity contribution is 5.03. The van der Waals surface area contributed by atoms with E-state index in [0.29, 0.717) is 17.9 Å². The minimum absolute atomic E-state index is 0.0217. The van der Waals surface area contributed by atoms with Crippen LogP contribution in [0.5, 0.6) is 0 Å². The lowest BCUT2D eigenvalue weighted by molar-refractivity contribution is 0.0136. The first-order valence-electron chi connectivity index (χ1n) is 8.09. The molecule has 21 heavy (non-hydrogen) atoms. The molecular formula is C16H26N2O3. The molecule has 2 fully saturated rings. The molecule has 118 valence electrons. The fourth-order valence-electron chi connectivity index (χ4n) is 3.41. The monoisotopic (exact) mass is 294 g/mol. The van der Waals surface area contributed by atoms with E-state index >= 15 is 0 Å². The highest BCUT2D eigenvalue weighted by atomic mass is 16.5. The Balaban J connectivity index is 1.73. The lowest BCUT2D eigenvalue weighted by atomic mass is 9.81. The van der Waals surface area contributed by atoms with Crippen molar-refractivity contribution in [3.8, 4) is 0 Å². The zero-order valence-electron chi connectivity index (χ0n) is 13.5. The molecule has 4 atom stereocenters. The second-order valence-corrected chi connectivity index (χ2v) is 7.26. The Morgan fingerprint density at radius 1 is 1.10 bits per heavy atom. The lowest BCUT2D eigenvalue weighted by Crippen LogP contribution is -2.30. The molecule has 0 aromatic carbocycles. The van der Waals surface area contributed by atoms with Crippen LogP contribution in [0.3, 0.4) is 0 Å². The van der Waals surface area contributed by atoms with Crippen molar-refractivity contribution in [2.24, 2.45) is 5.41 Å². The SMILES string of the molecule is CC[C@H]1CC[C@H](c2nnc([C@H]3CCO[C@@H]3C(C)(C)C)o2)O1. The summed E-state index contributed by atoms with van der Waals surface area (Å²) in [4.78, 5) is 0. The van der Waals surface area contributed by atoms with Crippen molar-refractivity contribution in [3.05, 3.63) is 11.8 Å². The number of nitrogens with zero attached hydrogens (tertiary/aromatic N) is 2. The van der Waals surface area contributed by atoms with Gasteiger partial charge in [-0.3, -0.25) is 0 Å². The van der Waals surface area contributed by atoms with Gasteiger partial charge >= 0.3 is 0 Å². The maximum Gasteiger partial charge on any atom is 0.245 e. The number of aromatic nitrogens is 2. The topological polar surface area (TPSA) is 57.4 Å². The Labute approximate surface area is 126 Å². The molecule has 5 heteroatoms. The Bertz CT molecular complexity index is 480. The van der Waals surface area contributed by atoms with Gasteiger partial charge in [0.2, 0.25) is 11.8 Å². The van der Waals surface area contributed by atoms with E-state index in [1.807, 2.05) is 0 Å². The van der Waals surface area contributed by atoms with Crippen molar-refractivity contribution in [2.45, 2.75) is 77.6 Å². The van der Waals surface area contributed by atoms with Crippen LogP contribution in [-0.4, -0.2) is 29.0 Å². The predicted molar refractivity (Wildman–Crippen MR) is 78.0 cm³/mol. The molecule has 0 amide bonds. The van der Waals surface area contributed by atoms with Gasteiger partial charge in [-0.1, -0.05) is 27.7 Å². The molecule has 0 aliphatic carbocycles. The van der Waals surface area contributed by atoms with Crippen molar-refractivity contribution in [1.29, 1.82) is 0 Å². The Morgan fingerprint density at radius 3 is 2.52 bits per heavy atom. The molecule has 1 aromatic heterocycles. The second kappa shape index (κ2) is 5.69. The molecule has 1 aromatic rings. The summed E-state index contributed by atoms with van der Waals surface area (Å²) >= 11 is 0. The lowest BCUT2D eigenvalue weighted by Gasteiger charge is -2.29. The van der Waals surface area contributed by atoms with Crippen molar-refractivity contribution in [3.63, 3.8) is 0 Å². The smallest absolute Gasteiger partial charge is 0.245 e. The summed E-state index contributed by atoms with van der Waals surface area (Å²) in [6, 6.07) is 0. The third-order valence-corrected chi connectivity index (χ3v) is 4.56. The number of ether oxygens (including phenoxy) is 2. The second-order valence-electron chi connectivity index (χ2n) is 7.26. The van der Waals surface area contributed by atoms with Crippen molar-refractivity contribution in [2.75, 3.05) is 6.61 Å². The standard InChI is InChI=1S/C16H26N2O3/c1-5-10-6-7-12(20-10)15-18-17-14(21-15)11-8-9-19-13(11)16(2,3)4/h10-13H,5-9H2,1-4H3/t10-,11-,12+,13-/m0/s1.